The van der Waals surface area contributed by atoms with Gasteiger partial charge in [0.15, 0.2) is 0 Å². The Morgan fingerprint density at radius 2 is 0.727 bits per heavy atom. The van der Waals surface area contributed by atoms with Crippen molar-refractivity contribution in [3.8, 4) is 0 Å². The Morgan fingerprint density at radius 3 is 0.955 bits per heavy atom. The molecule has 10 heteroatoms. The van der Waals surface area contributed by atoms with Crippen LogP contribution in [-0.2, 0) is 23.6 Å². The van der Waals surface area contributed by atoms with E-state index in [1.165, 1.54) is 0 Å². The van der Waals surface area contributed by atoms with Crippen molar-refractivity contribution in [2.24, 2.45) is 0 Å². The molecule has 6 nitrogen and oxygen atoms in total. The summed E-state index contributed by atoms with van der Waals surface area (Å²) in [6, 6.07) is 0. The second-order valence-corrected chi connectivity index (χ2v) is 22.2. The topological polar surface area (TPSA) is 78.9 Å². The third kappa shape index (κ3) is 15.4. The van der Waals surface area contributed by atoms with E-state index in [1.54, 1.807) is 0 Å². The van der Waals surface area contributed by atoms with Crippen LogP contribution in [-0.4, -0.2) is 51.8 Å². The number of hydrogen-bond donors (Lipinski definition) is 3. The molecular formula is C34H66O6S3Sn. The fourth-order valence-corrected chi connectivity index (χ4v) is 14.0. The van der Waals surface area contributed by atoms with Crippen LogP contribution in [0.15, 0.2) is 0 Å². The van der Waals surface area contributed by atoms with E-state index < -0.39 is 51.8 Å². The van der Waals surface area contributed by atoms with Crippen molar-refractivity contribution in [1.82, 2.24) is 0 Å². The second-order valence-electron chi connectivity index (χ2n) is 12.5. The summed E-state index contributed by atoms with van der Waals surface area (Å²) < 4.78 is 15.9. The van der Waals surface area contributed by atoms with Gasteiger partial charge in [0.2, 0.25) is 0 Å². The van der Waals surface area contributed by atoms with Crippen LogP contribution in [0.4, 0.5) is 0 Å². The van der Waals surface area contributed by atoms with E-state index in [-0.39, 0.29) is 4.44 Å². The van der Waals surface area contributed by atoms with Gasteiger partial charge < -0.3 is 0 Å². The number of hydrogen-bond acceptors (Lipinski definition) is 9. The van der Waals surface area contributed by atoms with Gasteiger partial charge in [-0.25, -0.2) is 0 Å². The molecule has 3 atom stereocenters. The van der Waals surface area contributed by atoms with E-state index in [2.05, 4.69) is 20.8 Å². The SMILES string of the molecule is CCCCCCC(S)(CC)C(=O)[O][Sn]([CH2]CCC)([O]C(=O)C(S)(CC)CCCCCC)[O]C(=O)C(S)(CC)CCCCCC. The summed E-state index contributed by atoms with van der Waals surface area (Å²) in [7, 11) is 0. The third-order valence-electron chi connectivity index (χ3n) is 8.81. The third-order valence-corrected chi connectivity index (χ3v) is 18.0. The van der Waals surface area contributed by atoms with E-state index in [1.807, 2.05) is 27.7 Å². The van der Waals surface area contributed by atoms with Crippen molar-refractivity contribution < 1.29 is 23.6 Å². The van der Waals surface area contributed by atoms with Crippen LogP contribution in [0, 0.1) is 0 Å². The molecule has 0 rings (SSSR count). The zero-order valence-electron chi connectivity index (χ0n) is 29.1. The van der Waals surface area contributed by atoms with Gasteiger partial charge in [0, 0.05) is 0 Å². The molecule has 0 aliphatic rings. The van der Waals surface area contributed by atoms with Crippen molar-refractivity contribution >= 4 is 75.4 Å². The standard InChI is InChI=1S/3C10H20O2S.C4H9.Sn/c3*1-3-5-6-7-8-10(13,4-2)9(11)12;1-3-4-2;/h3*13H,3-8H2,1-2H3,(H,11,12);1,3-4H2,2H3;/q;;;;+3/p-3. The predicted octanol–water partition coefficient (Wildman–Crippen LogP) is 10.5. The second kappa shape index (κ2) is 23.6. The van der Waals surface area contributed by atoms with Gasteiger partial charge in [-0.1, -0.05) is 0 Å². The van der Waals surface area contributed by atoms with Crippen LogP contribution in [0.3, 0.4) is 0 Å². The van der Waals surface area contributed by atoms with Crippen molar-refractivity contribution in [3.05, 3.63) is 0 Å². The Labute approximate surface area is 292 Å². The first-order valence-electron chi connectivity index (χ1n) is 17.7. The quantitative estimate of drug-likeness (QED) is 0.0437. The maximum absolute atomic E-state index is 14.0. The fraction of sp³-hybridized carbons (Fsp3) is 0.912. The van der Waals surface area contributed by atoms with Gasteiger partial charge in [-0.05, 0) is 0 Å². The van der Waals surface area contributed by atoms with E-state index in [9.17, 15) is 14.4 Å². The van der Waals surface area contributed by atoms with E-state index in [0.717, 1.165) is 83.5 Å². The molecule has 0 aromatic carbocycles. The van der Waals surface area contributed by atoms with Gasteiger partial charge >= 0.3 is 295 Å². The molecule has 0 N–H and O–H groups in total. The van der Waals surface area contributed by atoms with Crippen LogP contribution in [0.25, 0.3) is 0 Å². The minimum absolute atomic E-state index is 0.227. The van der Waals surface area contributed by atoms with Crippen LogP contribution in [0.1, 0.15) is 177 Å². The van der Waals surface area contributed by atoms with Crippen molar-refractivity contribution in [2.45, 2.75) is 196 Å². The summed E-state index contributed by atoms with van der Waals surface area (Å²) in [6.07, 6.45) is 16.3. The molecule has 0 fully saturated rings. The Hall–Kier alpha value is 0.259. The summed E-state index contributed by atoms with van der Waals surface area (Å²) in [5, 5.41) is 0. The summed E-state index contributed by atoms with van der Waals surface area (Å²) in [4.78, 5) is 41.9. The average molecular weight is 786 g/mol. The van der Waals surface area contributed by atoms with Crippen molar-refractivity contribution in [3.63, 3.8) is 0 Å². The number of unbranched alkanes of at least 4 members (excludes halogenated alkanes) is 10. The fourth-order valence-electron chi connectivity index (χ4n) is 5.12. The molecule has 3 unspecified atom stereocenters. The molecule has 0 saturated carbocycles. The number of carbonyl (C=O) groups is 3. The van der Waals surface area contributed by atoms with Gasteiger partial charge in [0.25, 0.3) is 0 Å². The Morgan fingerprint density at radius 1 is 0.455 bits per heavy atom. The molecule has 0 aliphatic carbocycles. The molecule has 0 saturated heterocycles. The van der Waals surface area contributed by atoms with Gasteiger partial charge in [-0.2, -0.15) is 0 Å². The average Bonchev–Trinajstić information content (AvgIpc) is 3.01. The monoisotopic (exact) mass is 786 g/mol. The maximum atomic E-state index is 14.0. The molecule has 0 bridgehead atoms. The van der Waals surface area contributed by atoms with Crippen LogP contribution >= 0.6 is 37.9 Å². The van der Waals surface area contributed by atoms with Gasteiger partial charge in [0.1, 0.15) is 0 Å². The number of rotatable bonds is 27. The first-order chi connectivity index (χ1) is 20.8. The van der Waals surface area contributed by atoms with Gasteiger partial charge in [-0.15, -0.1) is 0 Å². The molecule has 0 heterocycles. The molecule has 0 aromatic heterocycles. The van der Waals surface area contributed by atoms with Crippen molar-refractivity contribution in [2.75, 3.05) is 0 Å². The summed E-state index contributed by atoms with van der Waals surface area (Å²) in [5.41, 5.74) is 0. The molecule has 0 aromatic rings. The van der Waals surface area contributed by atoms with E-state index in [0.29, 0.717) is 44.9 Å². The zero-order chi connectivity index (χ0) is 33.7. The molecular weight excluding hydrogens is 719 g/mol. The normalized spacial score (nSPS) is 17.0. The van der Waals surface area contributed by atoms with Gasteiger partial charge in [-0.3, -0.25) is 0 Å². The number of carbonyl (C=O) groups excluding carboxylic acids is 3. The van der Waals surface area contributed by atoms with Crippen LogP contribution in [0.5, 0.6) is 0 Å². The van der Waals surface area contributed by atoms with Crippen molar-refractivity contribution in [1.29, 1.82) is 0 Å². The first kappa shape index (κ1) is 44.3. The van der Waals surface area contributed by atoms with E-state index >= 15 is 0 Å². The Bertz CT molecular complexity index is 733. The van der Waals surface area contributed by atoms with Gasteiger partial charge in [0.05, 0.1) is 0 Å². The molecule has 0 radical (unpaired) electrons. The first-order valence-corrected chi connectivity index (χ1v) is 24.5. The molecule has 0 aliphatic heterocycles. The van der Waals surface area contributed by atoms with E-state index in [4.69, 9.17) is 47.1 Å². The molecule has 0 amide bonds. The molecule has 44 heavy (non-hydrogen) atoms. The summed E-state index contributed by atoms with van der Waals surface area (Å²) >= 11 is 9.22. The number of thiol groups is 3. The predicted molar refractivity (Wildman–Crippen MR) is 196 cm³/mol. The summed E-state index contributed by atoms with van der Waals surface area (Å²) in [5.74, 6) is -1.66. The Kier molecular flexibility index (Phi) is 23.7. The zero-order valence-corrected chi connectivity index (χ0v) is 34.7. The van der Waals surface area contributed by atoms with Crippen LogP contribution < -0.4 is 0 Å². The molecule has 0 spiro atoms. The minimum atomic E-state index is -5.27. The molecule has 260 valence electrons. The summed E-state index contributed by atoms with van der Waals surface area (Å²) in [6.45, 7) is 14.2. The Balaban J connectivity index is 6.56. The van der Waals surface area contributed by atoms with Crippen LogP contribution in [0.2, 0.25) is 4.44 Å².